The smallest absolute Gasteiger partial charge is 0.251 e. The summed E-state index contributed by atoms with van der Waals surface area (Å²) in [7, 11) is 0. The highest BCUT2D eigenvalue weighted by Crippen LogP contribution is 2.25. The van der Waals surface area contributed by atoms with E-state index in [0.717, 1.165) is 12.8 Å². The molecule has 0 spiro atoms. The molecule has 1 fully saturated rings. The van der Waals surface area contributed by atoms with Crippen molar-refractivity contribution in [2.75, 3.05) is 6.54 Å². The molecule has 4 N–H and O–H groups in total. The van der Waals surface area contributed by atoms with Crippen LogP contribution in [-0.4, -0.2) is 30.3 Å². The van der Waals surface area contributed by atoms with Crippen LogP contribution in [0.2, 0.25) is 5.02 Å². The summed E-state index contributed by atoms with van der Waals surface area (Å²) in [5.74, 6) is -1.11. The van der Waals surface area contributed by atoms with Crippen LogP contribution in [-0.2, 0) is 9.59 Å². The Labute approximate surface area is 139 Å². The maximum Gasteiger partial charge on any atom is 0.251 e. The Morgan fingerprint density at radius 2 is 1.87 bits per heavy atom. The Kier molecular flexibility index (Phi) is 5.98. The number of hydrogen-bond donors (Lipinski definition) is 3. The zero-order chi connectivity index (χ0) is 16.8. The van der Waals surface area contributed by atoms with Crippen molar-refractivity contribution in [1.29, 1.82) is 0 Å². The molecule has 0 aromatic heterocycles. The first-order valence-electron chi connectivity index (χ1n) is 7.60. The number of carbonyl (C=O) groups excluding carboxylic acids is 3. The van der Waals surface area contributed by atoms with Crippen LogP contribution in [0.15, 0.2) is 24.3 Å². The van der Waals surface area contributed by atoms with Crippen molar-refractivity contribution < 1.29 is 14.4 Å². The van der Waals surface area contributed by atoms with E-state index in [-0.39, 0.29) is 42.6 Å². The van der Waals surface area contributed by atoms with E-state index in [0.29, 0.717) is 17.0 Å². The maximum absolute atomic E-state index is 11.9. The van der Waals surface area contributed by atoms with Gasteiger partial charge in [-0.1, -0.05) is 18.0 Å². The van der Waals surface area contributed by atoms with Crippen molar-refractivity contribution >= 4 is 29.3 Å². The number of benzene rings is 1. The first-order valence-corrected chi connectivity index (χ1v) is 7.97. The third-order valence-corrected chi connectivity index (χ3v) is 4.22. The maximum atomic E-state index is 11.9. The van der Waals surface area contributed by atoms with Crippen molar-refractivity contribution in [2.24, 2.45) is 11.7 Å². The molecule has 0 radical (unpaired) electrons. The van der Waals surface area contributed by atoms with Gasteiger partial charge in [0.05, 0.1) is 5.92 Å². The fraction of sp³-hybridized carbons (Fsp3) is 0.438. The van der Waals surface area contributed by atoms with E-state index in [2.05, 4.69) is 10.6 Å². The standard InChI is InChI=1S/C16H20ClN3O3/c17-11-6-4-10(5-7-11)16(23)19-9-8-14(21)20-13-3-1-2-12(13)15(18)22/h4-7,12-13H,1-3,8-9H2,(H2,18,22)(H,19,23)(H,20,21)/t12-,13-/m0/s1. The summed E-state index contributed by atoms with van der Waals surface area (Å²) >= 11 is 5.76. The molecule has 0 bridgehead atoms. The molecular weight excluding hydrogens is 318 g/mol. The Morgan fingerprint density at radius 3 is 2.52 bits per heavy atom. The van der Waals surface area contributed by atoms with Gasteiger partial charge in [-0.3, -0.25) is 14.4 Å². The van der Waals surface area contributed by atoms with E-state index in [4.69, 9.17) is 17.3 Å². The number of nitrogens with two attached hydrogens (primary N) is 1. The summed E-state index contributed by atoms with van der Waals surface area (Å²) in [5.41, 5.74) is 5.81. The van der Waals surface area contributed by atoms with Gasteiger partial charge in [0, 0.05) is 29.6 Å². The summed E-state index contributed by atoms with van der Waals surface area (Å²) in [5, 5.41) is 6.05. The lowest BCUT2D eigenvalue weighted by molar-refractivity contribution is -0.124. The quantitative estimate of drug-likeness (QED) is 0.727. The van der Waals surface area contributed by atoms with Crippen molar-refractivity contribution in [2.45, 2.75) is 31.7 Å². The van der Waals surface area contributed by atoms with Gasteiger partial charge in [0.1, 0.15) is 0 Å². The van der Waals surface area contributed by atoms with E-state index >= 15 is 0 Å². The SMILES string of the molecule is NC(=O)[C@H]1CCC[C@@H]1NC(=O)CCNC(=O)c1ccc(Cl)cc1. The van der Waals surface area contributed by atoms with Gasteiger partial charge >= 0.3 is 0 Å². The predicted molar refractivity (Wildman–Crippen MR) is 86.9 cm³/mol. The van der Waals surface area contributed by atoms with Crippen LogP contribution in [0.5, 0.6) is 0 Å². The number of nitrogens with one attached hydrogen (secondary N) is 2. The topological polar surface area (TPSA) is 101 Å². The second kappa shape index (κ2) is 7.97. The van der Waals surface area contributed by atoms with Crippen molar-refractivity contribution in [3.63, 3.8) is 0 Å². The highest BCUT2D eigenvalue weighted by atomic mass is 35.5. The molecule has 124 valence electrons. The van der Waals surface area contributed by atoms with Crippen molar-refractivity contribution in [1.82, 2.24) is 10.6 Å². The van der Waals surface area contributed by atoms with Gasteiger partial charge in [-0.05, 0) is 37.1 Å². The molecule has 1 saturated carbocycles. The van der Waals surface area contributed by atoms with Crippen molar-refractivity contribution in [3.8, 4) is 0 Å². The molecular formula is C16H20ClN3O3. The molecule has 1 aromatic rings. The number of carbonyl (C=O) groups is 3. The van der Waals surface area contributed by atoms with E-state index in [1.165, 1.54) is 0 Å². The van der Waals surface area contributed by atoms with Gasteiger partial charge in [0.15, 0.2) is 0 Å². The Hall–Kier alpha value is -2.08. The largest absolute Gasteiger partial charge is 0.369 e. The summed E-state index contributed by atoms with van der Waals surface area (Å²) in [4.78, 5) is 35.1. The second-order valence-electron chi connectivity index (χ2n) is 5.63. The number of hydrogen-bond acceptors (Lipinski definition) is 3. The van der Waals surface area contributed by atoms with Crippen LogP contribution in [0.4, 0.5) is 0 Å². The van der Waals surface area contributed by atoms with Crippen LogP contribution < -0.4 is 16.4 Å². The van der Waals surface area contributed by atoms with Gasteiger partial charge in [-0.2, -0.15) is 0 Å². The lowest BCUT2D eigenvalue weighted by atomic mass is 10.0. The molecule has 2 atom stereocenters. The van der Waals surface area contributed by atoms with Crippen LogP contribution in [0, 0.1) is 5.92 Å². The van der Waals surface area contributed by atoms with Gasteiger partial charge in [0.25, 0.3) is 5.91 Å². The van der Waals surface area contributed by atoms with E-state index in [1.807, 2.05) is 0 Å². The lowest BCUT2D eigenvalue weighted by Gasteiger charge is -2.18. The highest BCUT2D eigenvalue weighted by molar-refractivity contribution is 6.30. The highest BCUT2D eigenvalue weighted by Gasteiger charge is 2.32. The van der Waals surface area contributed by atoms with E-state index < -0.39 is 0 Å². The van der Waals surface area contributed by atoms with Gasteiger partial charge in [-0.25, -0.2) is 0 Å². The predicted octanol–water partition coefficient (Wildman–Crippen LogP) is 1.23. The Balaban J connectivity index is 1.73. The molecule has 23 heavy (non-hydrogen) atoms. The first-order chi connectivity index (χ1) is 11.0. The normalized spacial score (nSPS) is 20.0. The average Bonchev–Trinajstić information content (AvgIpc) is 2.96. The fourth-order valence-corrected chi connectivity index (χ4v) is 2.87. The fourth-order valence-electron chi connectivity index (χ4n) is 2.75. The lowest BCUT2D eigenvalue weighted by Crippen LogP contribution is -2.43. The molecule has 6 nitrogen and oxygen atoms in total. The second-order valence-corrected chi connectivity index (χ2v) is 6.06. The van der Waals surface area contributed by atoms with Gasteiger partial charge < -0.3 is 16.4 Å². The van der Waals surface area contributed by atoms with Crippen LogP contribution in [0.3, 0.4) is 0 Å². The van der Waals surface area contributed by atoms with Crippen LogP contribution >= 0.6 is 11.6 Å². The first kappa shape index (κ1) is 17.3. The molecule has 0 aliphatic heterocycles. The van der Waals surface area contributed by atoms with Crippen LogP contribution in [0.25, 0.3) is 0 Å². The number of amides is 3. The minimum Gasteiger partial charge on any atom is -0.369 e. The summed E-state index contributed by atoms with van der Waals surface area (Å²) < 4.78 is 0. The summed E-state index contributed by atoms with van der Waals surface area (Å²) in [6.45, 7) is 0.223. The zero-order valence-electron chi connectivity index (χ0n) is 12.7. The summed E-state index contributed by atoms with van der Waals surface area (Å²) in [6, 6.07) is 6.31. The average molecular weight is 338 g/mol. The molecule has 7 heteroatoms. The summed E-state index contributed by atoms with van der Waals surface area (Å²) in [6.07, 6.45) is 2.51. The minimum atomic E-state index is -0.371. The molecule has 0 saturated heterocycles. The van der Waals surface area contributed by atoms with E-state index in [1.54, 1.807) is 24.3 Å². The number of halogens is 1. The zero-order valence-corrected chi connectivity index (χ0v) is 13.4. The van der Waals surface area contributed by atoms with Gasteiger partial charge in [-0.15, -0.1) is 0 Å². The Morgan fingerprint density at radius 1 is 1.17 bits per heavy atom. The monoisotopic (exact) mass is 337 g/mol. The Bertz CT molecular complexity index is 589. The number of rotatable bonds is 6. The third-order valence-electron chi connectivity index (χ3n) is 3.97. The van der Waals surface area contributed by atoms with Crippen LogP contribution in [0.1, 0.15) is 36.0 Å². The molecule has 1 aromatic carbocycles. The molecule has 2 rings (SSSR count). The van der Waals surface area contributed by atoms with E-state index in [9.17, 15) is 14.4 Å². The molecule has 1 aliphatic carbocycles. The third kappa shape index (κ3) is 4.96. The molecule has 1 aliphatic rings. The minimum absolute atomic E-state index is 0.154. The van der Waals surface area contributed by atoms with Gasteiger partial charge in [0.2, 0.25) is 11.8 Å². The number of primary amides is 1. The molecule has 3 amide bonds. The molecule has 0 heterocycles. The van der Waals surface area contributed by atoms with Crippen molar-refractivity contribution in [3.05, 3.63) is 34.9 Å². The molecule has 0 unspecified atom stereocenters.